The largest absolute Gasteiger partial charge is 0.378 e. The first-order chi connectivity index (χ1) is 15.3. The van der Waals surface area contributed by atoms with Crippen molar-refractivity contribution in [1.29, 1.82) is 0 Å². The molecule has 5 rings (SSSR count). The van der Waals surface area contributed by atoms with Gasteiger partial charge in [0.2, 0.25) is 11.9 Å². The van der Waals surface area contributed by atoms with Crippen LogP contribution in [0.2, 0.25) is 0 Å². The molecule has 2 fully saturated rings. The summed E-state index contributed by atoms with van der Waals surface area (Å²) in [6, 6.07) is 0. The van der Waals surface area contributed by atoms with E-state index in [-0.39, 0.29) is 5.95 Å². The minimum Gasteiger partial charge on any atom is -0.378 e. The monoisotopic (exact) mass is 442 g/mol. The summed E-state index contributed by atoms with van der Waals surface area (Å²) in [7, 11) is 0. The van der Waals surface area contributed by atoms with E-state index in [1.807, 2.05) is 13.8 Å². The Morgan fingerprint density at radius 3 is 2.48 bits per heavy atom. The number of aromatic nitrogens is 4. The second kappa shape index (κ2) is 10.3. The van der Waals surface area contributed by atoms with Gasteiger partial charge in [-0.3, -0.25) is 4.90 Å². The van der Waals surface area contributed by atoms with Gasteiger partial charge in [-0.2, -0.15) is 0 Å². The zero-order valence-corrected chi connectivity index (χ0v) is 19.0. The third-order valence-electron chi connectivity index (χ3n) is 5.32. The molecule has 0 spiro atoms. The summed E-state index contributed by atoms with van der Waals surface area (Å²) in [5, 5.41) is 5.63. The number of nitrogens with one attached hydrogen (secondary N) is 1. The molecule has 0 saturated carbocycles. The molecule has 0 amide bonds. The molecule has 3 N–H and O–H groups in total. The standard InChI is InChI=1S/C19H24N8OS.C2H6/c20-18-22-9-13(10-23-18)15-17-16(25-19(24-15)27-5-7-28-8-6-27)14(12-29-17)11-26-3-1-21-2-4-26;1-2/h9-10,12,21H,1-8,11H2,(H2,20,22,23);1-2H3. The lowest BCUT2D eigenvalue weighted by Crippen LogP contribution is -2.42. The average molecular weight is 443 g/mol. The van der Waals surface area contributed by atoms with Crippen molar-refractivity contribution in [2.45, 2.75) is 20.4 Å². The van der Waals surface area contributed by atoms with Crippen LogP contribution in [-0.4, -0.2) is 77.3 Å². The Balaban J connectivity index is 0.00000112. The number of rotatable bonds is 4. The summed E-state index contributed by atoms with van der Waals surface area (Å²) in [5.41, 5.74) is 9.69. The fourth-order valence-corrected chi connectivity index (χ4v) is 4.75. The van der Waals surface area contributed by atoms with Crippen LogP contribution < -0.4 is 16.0 Å². The maximum atomic E-state index is 5.69. The zero-order chi connectivity index (χ0) is 21.6. The molecule has 166 valence electrons. The molecule has 0 atom stereocenters. The maximum absolute atomic E-state index is 5.69. The van der Waals surface area contributed by atoms with Gasteiger partial charge in [-0.05, 0) is 5.38 Å². The van der Waals surface area contributed by atoms with Crippen molar-refractivity contribution in [1.82, 2.24) is 30.2 Å². The van der Waals surface area contributed by atoms with E-state index in [1.54, 1.807) is 23.7 Å². The lowest BCUT2D eigenvalue weighted by atomic mass is 10.2. The molecular weight excluding hydrogens is 412 g/mol. The van der Waals surface area contributed by atoms with Crippen LogP contribution in [0.15, 0.2) is 17.8 Å². The lowest BCUT2D eigenvalue weighted by molar-refractivity contribution is 0.122. The molecule has 0 aliphatic carbocycles. The number of morpholine rings is 1. The van der Waals surface area contributed by atoms with Crippen molar-refractivity contribution in [3.8, 4) is 11.3 Å². The van der Waals surface area contributed by atoms with Crippen LogP contribution in [-0.2, 0) is 11.3 Å². The Morgan fingerprint density at radius 1 is 1.06 bits per heavy atom. The fraction of sp³-hybridized carbons (Fsp3) is 0.524. The summed E-state index contributed by atoms with van der Waals surface area (Å²) in [5.74, 6) is 1.01. The summed E-state index contributed by atoms with van der Waals surface area (Å²) in [4.78, 5) is 22.9. The quantitative estimate of drug-likeness (QED) is 0.627. The van der Waals surface area contributed by atoms with Crippen LogP contribution in [0.3, 0.4) is 0 Å². The van der Waals surface area contributed by atoms with Gasteiger partial charge in [0.15, 0.2) is 0 Å². The van der Waals surface area contributed by atoms with Gasteiger partial charge >= 0.3 is 0 Å². The van der Waals surface area contributed by atoms with Crippen LogP contribution in [0.5, 0.6) is 0 Å². The van der Waals surface area contributed by atoms with Crippen molar-refractivity contribution in [2.24, 2.45) is 0 Å². The van der Waals surface area contributed by atoms with Crippen LogP contribution in [0.1, 0.15) is 19.4 Å². The van der Waals surface area contributed by atoms with Crippen molar-refractivity contribution >= 4 is 33.5 Å². The molecule has 5 heterocycles. The summed E-state index contributed by atoms with van der Waals surface area (Å²) >= 11 is 1.69. The van der Waals surface area contributed by atoms with Crippen molar-refractivity contribution < 1.29 is 4.74 Å². The van der Waals surface area contributed by atoms with E-state index in [0.717, 1.165) is 73.2 Å². The number of nitrogens with two attached hydrogens (primary N) is 1. The molecule has 9 nitrogen and oxygen atoms in total. The molecule has 3 aromatic heterocycles. The fourth-order valence-electron chi connectivity index (χ4n) is 3.74. The van der Waals surface area contributed by atoms with Crippen molar-refractivity contribution in [2.75, 3.05) is 63.1 Å². The highest BCUT2D eigenvalue weighted by Crippen LogP contribution is 2.35. The zero-order valence-electron chi connectivity index (χ0n) is 18.2. The second-order valence-corrected chi connectivity index (χ2v) is 8.15. The first kappa shape index (κ1) is 21.8. The van der Waals surface area contributed by atoms with E-state index < -0.39 is 0 Å². The Hall–Kier alpha value is -2.40. The van der Waals surface area contributed by atoms with Crippen LogP contribution in [0.25, 0.3) is 21.5 Å². The molecular formula is C21H30N8OS. The molecule has 31 heavy (non-hydrogen) atoms. The highest BCUT2D eigenvalue weighted by atomic mass is 32.1. The average Bonchev–Trinajstić information content (AvgIpc) is 3.24. The van der Waals surface area contributed by atoms with E-state index >= 15 is 0 Å². The first-order valence-electron chi connectivity index (χ1n) is 10.9. The van der Waals surface area contributed by atoms with Crippen LogP contribution in [0.4, 0.5) is 11.9 Å². The van der Waals surface area contributed by atoms with Crippen molar-refractivity contribution in [3.63, 3.8) is 0 Å². The van der Waals surface area contributed by atoms with Gasteiger partial charge in [0.25, 0.3) is 0 Å². The summed E-state index contributed by atoms with van der Waals surface area (Å²) in [6.45, 7) is 12.0. The number of thiophene rings is 1. The Labute approximate surface area is 186 Å². The van der Waals surface area contributed by atoms with Crippen LogP contribution >= 0.6 is 11.3 Å². The predicted octanol–water partition coefficient (Wildman–Crippen LogP) is 2.00. The van der Waals surface area contributed by atoms with Gasteiger partial charge in [0, 0.05) is 69.3 Å². The number of hydrogen-bond donors (Lipinski definition) is 2. The van der Waals surface area contributed by atoms with E-state index in [0.29, 0.717) is 13.2 Å². The van der Waals surface area contributed by atoms with Gasteiger partial charge in [0.05, 0.1) is 29.1 Å². The van der Waals surface area contributed by atoms with Gasteiger partial charge < -0.3 is 20.7 Å². The minimum absolute atomic E-state index is 0.262. The number of piperazine rings is 1. The highest BCUT2D eigenvalue weighted by molar-refractivity contribution is 7.17. The molecule has 2 aliphatic rings. The first-order valence-corrected chi connectivity index (χ1v) is 11.8. The van der Waals surface area contributed by atoms with Gasteiger partial charge in [-0.25, -0.2) is 19.9 Å². The molecule has 3 aromatic rings. The smallest absolute Gasteiger partial charge is 0.226 e. The van der Waals surface area contributed by atoms with E-state index in [4.69, 9.17) is 20.4 Å². The van der Waals surface area contributed by atoms with Gasteiger partial charge in [-0.15, -0.1) is 11.3 Å². The minimum atomic E-state index is 0.262. The van der Waals surface area contributed by atoms with E-state index in [1.165, 1.54) is 5.56 Å². The number of fused-ring (bicyclic) bond motifs is 1. The number of nitrogen functional groups attached to an aromatic ring is 1. The number of hydrogen-bond acceptors (Lipinski definition) is 10. The number of nitrogens with zero attached hydrogens (tertiary/aromatic N) is 6. The summed E-state index contributed by atoms with van der Waals surface area (Å²) < 4.78 is 6.57. The third-order valence-corrected chi connectivity index (χ3v) is 6.34. The van der Waals surface area contributed by atoms with Gasteiger partial charge in [0.1, 0.15) is 0 Å². The second-order valence-electron chi connectivity index (χ2n) is 7.27. The SMILES string of the molecule is CC.Nc1ncc(-c2nc(N3CCOCC3)nc3c(CN4CCNCC4)csc23)cn1. The Bertz CT molecular complexity index is 981. The van der Waals surface area contributed by atoms with Crippen LogP contribution in [0, 0.1) is 0 Å². The molecule has 0 aromatic carbocycles. The lowest BCUT2D eigenvalue weighted by Gasteiger charge is -2.28. The maximum Gasteiger partial charge on any atom is 0.226 e. The highest BCUT2D eigenvalue weighted by Gasteiger charge is 2.21. The topological polar surface area (TPSA) is 105 Å². The molecule has 10 heteroatoms. The Morgan fingerprint density at radius 2 is 1.77 bits per heavy atom. The van der Waals surface area contributed by atoms with Gasteiger partial charge in [-0.1, -0.05) is 13.8 Å². The molecule has 0 unspecified atom stereocenters. The third kappa shape index (κ3) is 4.93. The van der Waals surface area contributed by atoms with Crippen molar-refractivity contribution in [3.05, 3.63) is 23.3 Å². The number of anilines is 2. The van der Waals surface area contributed by atoms with E-state index in [2.05, 4.69) is 30.5 Å². The Kier molecular flexibility index (Phi) is 7.23. The molecule has 2 saturated heterocycles. The normalized spacial score (nSPS) is 17.4. The molecule has 0 bridgehead atoms. The van der Waals surface area contributed by atoms with E-state index in [9.17, 15) is 0 Å². The molecule has 0 radical (unpaired) electrons. The molecule has 2 aliphatic heterocycles. The summed E-state index contributed by atoms with van der Waals surface area (Å²) in [6.07, 6.45) is 3.48. The number of ether oxygens (including phenoxy) is 1. The predicted molar refractivity (Wildman–Crippen MR) is 125 cm³/mol.